The maximum Gasteiger partial charge on any atom is 0.179 e. The Labute approximate surface area is 120 Å². The molecule has 0 aliphatic carbocycles. The highest BCUT2D eigenvalue weighted by molar-refractivity contribution is 7.91. The minimum absolute atomic E-state index is 0.0907. The number of nitrogens with zero attached hydrogens (tertiary/aromatic N) is 2. The van der Waals surface area contributed by atoms with Gasteiger partial charge >= 0.3 is 0 Å². The molecule has 112 valence electrons. The molecule has 1 aromatic carbocycles. The third kappa shape index (κ3) is 4.28. The lowest BCUT2D eigenvalue weighted by atomic mass is 10.3. The summed E-state index contributed by atoms with van der Waals surface area (Å²) in [6, 6.07) is 8.52. The van der Waals surface area contributed by atoms with Gasteiger partial charge in [-0.05, 0) is 19.2 Å². The van der Waals surface area contributed by atoms with Gasteiger partial charge in [0.05, 0.1) is 16.8 Å². The summed E-state index contributed by atoms with van der Waals surface area (Å²) in [7, 11) is -1.27. The van der Waals surface area contributed by atoms with Crippen molar-refractivity contribution < 1.29 is 13.5 Å². The lowest BCUT2D eigenvalue weighted by Crippen LogP contribution is -2.36. The van der Waals surface area contributed by atoms with Crippen LogP contribution in [0.25, 0.3) is 0 Å². The Morgan fingerprint density at radius 1 is 1.20 bits per heavy atom. The van der Waals surface area contributed by atoms with Crippen LogP contribution in [0.4, 0.5) is 0 Å². The predicted octanol–water partition coefficient (Wildman–Crippen LogP) is 0.0686. The molecule has 6 heteroatoms. The number of aliphatic hydroxyl groups is 1. The number of benzene rings is 1. The Kier molecular flexibility index (Phi) is 5.15. The van der Waals surface area contributed by atoms with Crippen LogP contribution in [0.2, 0.25) is 0 Å². The van der Waals surface area contributed by atoms with Gasteiger partial charge < -0.3 is 10.0 Å². The number of hydrogen-bond acceptors (Lipinski definition) is 5. The first-order chi connectivity index (χ1) is 9.47. The third-order valence-corrected chi connectivity index (χ3v) is 5.28. The summed E-state index contributed by atoms with van der Waals surface area (Å²) in [5, 5.41) is 9.84. The van der Waals surface area contributed by atoms with E-state index in [2.05, 4.69) is 4.90 Å². The van der Waals surface area contributed by atoms with Gasteiger partial charge in [0.2, 0.25) is 0 Å². The van der Waals surface area contributed by atoms with E-state index in [1.165, 1.54) is 0 Å². The lowest BCUT2D eigenvalue weighted by Gasteiger charge is -2.21. The van der Waals surface area contributed by atoms with Crippen molar-refractivity contribution in [3.05, 3.63) is 30.3 Å². The van der Waals surface area contributed by atoms with Crippen LogP contribution in [-0.2, 0) is 9.84 Å². The molecule has 1 aliphatic heterocycles. The van der Waals surface area contributed by atoms with E-state index in [1.807, 2.05) is 11.9 Å². The molecule has 1 atom stereocenters. The van der Waals surface area contributed by atoms with Gasteiger partial charge in [0.25, 0.3) is 0 Å². The standard InChI is InChI=1S/C14H22N2O3S/c1-15-7-8-16(12-13(17)11-15)9-10-20(18,19)14-5-3-2-4-6-14/h2-6,13,17H,7-12H2,1H3. The number of likely N-dealkylation sites (N-methyl/N-ethyl adjacent to an activating group) is 1. The van der Waals surface area contributed by atoms with E-state index in [-0.39, 0.29) is 5.75 Å². The van der Waals surface area contributed by atoms with Crippen molar-refractivity contribution in [3.63, 3.8) is 0 Å². The molecule has 0 aromatic heterocycles. The van der Waals surface area contributed by atoms with Crippen LogP contribution < -0.4 is 0 Å². The zero-order valence-electron chi connectivity index (χ0n) is 11.8. The van der Waals surface area contributed by atoms with Gasteiger partial charge in [-0.25, -0.2) is 8.42 Å². The van der Waals surface area contributed by atoms with Gasteiger partial charge in [-0.1, -0.05) is 18.2 Å². The maximum absolute atomic E-state index is 12.2. The smallest absolute Gasteiger partial charge is 0.179 e. The van der Waals surface area contributed by atoms with Crippen molar-refractivity contribution in [2.75, 3.05) is 45.5 Å². The second-order valence-corrected chi connectivity index (χ2v) is 7.46. The van der Waals surface area contributed by atoms with E-state index < -0.39 is 15.9 Å². The van der Waals surface area contributed by atoms with Crippen molar-refractivity contribution in [2.45, 2.75) is 11.0 Å². The molecule has 0 bridgehead atoms. The van der Waals surface area contributed by atoms with E-state index >= 15 is 0 Å². The zero-order valence-corrected chi connectivity index (χ0v) is 12.6. The number of β-amino-alcohol motifs (C(OH)–C–C–N with tert-alkyl or cyclic N) is 1. The van der Waals surface area contributed by atoms with Crippen LogP contribution in [0.15, 0.2) is 35.2 Å². The molecule has 1 N–H and O–H groups in total. The van der Waals surface area contributed by atoms with Crippen molar-refractivity contribution in [1.29, 1.82) is 0 Å². The molecule has 2 rings (SSSR count). The molecule has 0 saturated carbocycles. The summed E-state index contributed by atoms with van der Waals surface area (Å²) in [5.41, 5.74) is 0. The van der Waals surface area contributed by atoms with Crippen molar-refractivity contribution in [1.82, 2.24) is 9.80 Å². The molecule has 1 aromatic rings. The zero-order chi connectivity index (χ0) is 14.6. The molecule has 1 unspecified atom stereocenters. The summed E-state index contributed by atoms with van der Waals surface area (Å²) >= 11 is 0. The average molecular weight is 298 g/mol. The largest absolute Gasteiger partial charge is 0.390 e. The van der Waals surface area contributed by atoms with Gasteiger partial charge in [-0.15, -0.1) is 0 Å². The highest BCUT2D eigenvalue weighted by Crippen LogP contribution is 2.11. The van der Waals surface area contributed by atoms with Crippen LogP contribution in [0.1, 0.15) is 0 Å². The van der Waals surface area contributed by atoms with Crippen LogP contribution in [0, 0.1) is 0 Å². The average Bonchev–Trinajstić information content (AvgIpc) is 2.58. The first-order valence-corrected chi connectivity index (χ1v) is 8.49. The van der Waals surface area contributed by atoms with Crippen molar-refractivity contribution in [2.24, 2.45) is 0 Å². The van der Waals surface area contributed by atoms with E-state index in [4.69, 9.17) is 0 Å². The molecule has 0 radical (unpaired) electrons. The Morgan fingerprint density at radius 2 is 1.90 bits per heavy atom. The first kappa shape index (κ1) is 15.4. The fourth-order valence-corrected chi connectivity index (χ4v) is 3.71. The van der Waals surface area contributed by atoms with Crippen LogP contribution >= 0.6 is 0 Å². The van der Waals surface area contributed by atoms with Gasteiger partial charge in [0, 0.05) is 32.7 Å². The SMILES string of the molecule is CN1CCN(CCS(=O)(=O)c2ccccc2)CC(O)C1. The Morgan fingerprint density at radius 3 is 2.60 bits per heavy atom. The van der Waals surface area contributed by atoms with Crippen molar-refractivity contribution in [3.8, 4) is 0 Å². The molecular weight excluding hydrogens is 276 g/mol. The van der Waals surface area contributed by atoms with Gasteiger partial charge in [-0.2, -0.15) is 0 Å². The fraction of sp³-hybridized carbons (Fsp3) is 0.571. The molecule has 1 fully saturated rings. The first-order valence-electron chi connectivity index (χ1n) is 6.84. The number of sulfone groups is 1. The van der Waals surface area contributed by atoms with E-state index in [1.54, 1.807) is 30.3 Å². The minimum Gasteiger partial charge on any atom is -0.390 e. The molecule has 1 aliphatic rings. The highest BCUT2D eigenvalue weighted by Gasteiger charge is 2.21. The second kappa shape index (κ2) is 6.67. The summed E-state index contributed by atoms with van der Waals surface area (Å²) in [4.78, 5) is 4.46. The quantitative estimate of drug-likeness (QED) is 0.852. The summed E-state index contributed by atoms with van der Waals surface area (Å²) in [6.45, 7) is 3.28. The summed E-state index contributed by atoms with van der Waals surface area (Å²) < 4.78 is 24.4. The fourth-order valence-electron chi connectivity index (χ4n) is 2.41. The normalized spacial score (nSPS) is 22.6. The Hall–Kier alpha value is -0.950. The minimum atomic E-state index is -3.24. The van der Waals surface area contributed by atoms with Gasteiger partial charge in [0.15, 0.2) is 9.84 Å². The summed E-state index contributed by atoms with van der Waals surface area (Å²) in [6.07, 6.45) is -0.415. The molecule has 0 spiro atoms. The molecule has 20 heavy (non-hydrogen) atoms. The van der Waals surface area contributed by atoms with E-state index in [0.29, 0.717) is 24.5 Å². The van der Waals surface area contributed by atoms with Crippen LogP contribution in [-0.4, -0.2) is 75.0 Å². The summed E-state index contributed by atoms with van der Waals surface area (Å²) in [5.74, 6) is 0.0907. The predicted molar refractivity (Wildman–Crippen MR) is 78.4 cm³/mol. The van der Waals surface area contributed by atoms with Gasteiger partial charge in [0.1, 0.15) is 0 Å². The molecule has 1 heterocycles. The van der Waals surface area contributed by atoms with E-state index in [9.17, 15) is 13.5 Å². The molecule has 0 amide bonds. The molecule has 1 saturated heterocycles. The molecular formula is C14H22N2O3S. The van der Waals surface area contributed by atoms with Gasteiger partial charge in [-0.3, -0.25) is 4.90 Å². The Balaban J connectivity index is 1.94. The monoisotopic (exact) mass is 298 g/mol. The van der Waals surface area contributed by atoms with Crippen LogP contribution in [0.3, 0.4) is 0 Å². The van der Waals surface area contributed by atoms with Crippen LogP contribution in [0.5, 0.6) is 0 Å². The highest BCUT2D eigenvalue weighted by atomic mass is 32.2. The topological polar surface area (TPSA) is 60.9 Å². The van der Waals surface area contributed by atoms with Crippen molar-refractivity contribution >= 4 is 9.84 Å². The number of hydrogen-bond donors (Lipinski definition) is 1. The number of aliphatic hydroxyl groups excluding tert-OH is 1. The number of rotatable bonds is 4. The maximum atomic E-state index is 12.2. The Bertz CT molecular complexity index is 518. The van der Waals surface area contributed by atoms with E-state index in [0.717, 1.165) is 13.1 Å². The molecule has 5 nitrogen and oxygen atoms in total. The third-order valence-electron chi connectivity index (χ3n) is 3.57. The second-order valence-electron chi connectivity index (χ2n) is 5.35. The lowest BCUT2D eigenvalue weighted by molar-refractivity contribution is 0.117.